The standard InChI is InChI=1S/C14H22N2S/c1-10(2)7-8-15-14(17)16-13-6-5-11(3)9-12(13)4/h5-6,9-10H,7-8H2,1-4H3,(H2,15,16,17). The van der Waals surface area contributed by atoms with E-state index in [2.05, 4.69) is 56.5 Å². The molecule has 0 heterocycles. The number of hydrogen-bond donors (Lipinski definition) is 2. The van der Waals surface area contributed by atoms with Crippen molar-refractivity contribution < 1.29 is 0 Å². The van der Waals surface area contributed by atoms with E-state index in [-0.39, 0.29) is 0 Å². The summed E-state index contributed by atoms with van der Waals surface area (Å²) in [7, 11) is 0. The molecular formula is C14H22N2S. The summed E-state index contributed by atoms with van der Waals surface area (Å²) in [5.41, 5.74) is 3.57. The van der Waals surface area contributed by atoms with Crippen LogP contribution in [0.4, 0.5) is 5.69 Å². The van der Waals surface area contributed by atoms with Crippen molar-refractivity contribution in [2.45, 2.75) is 34.1 Å². The summed E-state index contributed by atoms with van der Waals surface area (Å²) in [6.45, 7) is 9.53. The van der Waals surface area contributed by atoms with Crippen LogP contribution in [0.3, 0.4) is 0 Å². The summed E-state index contributed by atoms with van der Waals surface area (Å²) in [4.78, 5) is 0. The number of anilines is 1. The van der Waals surface area contributed by atoms with E-state index in [1.807, 2.05) is 0 Å². The Morgan fingerprint density at radius 3 is 2.59 bits per heavy atom. The van der Waals surface area contributed by atoms with Crippen LogP contribution in [0.5, 0.6) is 0 Å². The van der Waals surface area contributed by atoms with Gasteiger partial charge in [-0.3, -0.25) is 0 Å². The minimum Gasteiger partial charge on any atom is -0.362 e. The predicted octanol–water partition coefficient (Wildman–Crippen LogP) is 3.64. The molecule has 0 atom stereocenters. The zero-order chi connectivity index (χ0) is 12.8. The summed E-state index contributed by atoms with van der Waals surface area (Å²) in [5.74, 6) is 0.700. The van der Waals surface area contributed by atoms with Gasteiger partial charge in [0.1, 0.15) is 0 Å². The van der Waals surface area contributed by atoms with Crippen molar-refractivity contribution in [1.29, 1.82) is 0 Å². The van der Waals surface area contributed by atoms with Gasteiger partial charge in [-0.15, -0.1) is 0 Å². The number of rotatable bonds is 4. The molecule has 0 amide bonds. The van der Waals surface area contributed by atoms with E-state index in [4.69, 9.17) is 12.2 Å². The topological polar surface area (TPSA) is 24.1 Å². The molecule has 0 fully saturated rings. The van der Waals surface area contributed by atoms with Crippen molar-refractivity contribution in [2.75, 3.05) is 11.9 Å². The van der Waals surface area contributed by atoms with Crippen molar-refractivity contribution in [3.63, 3.8) is 0 Å². The van der Waals surface area contributed by atoms with Gasteiger partial charge >= 0.3 is 0 Å². The van der Waals surface area contributed by atoms with Gasteiger partial charge in [0.2, 0.25) is 0 Å². The van der Waals surface area contributed by atoms with Crippen LogP contribution in [-0.4, -0.2) is 11.7 Å². The van der Waals surface area contributed by atoms with Crippen molar-refractivity contribution in [1.82, 2.24) is 5.32 Å². The number of nitrogens with one attached hydrogen (secondary N) is 2. The summed E-state index contributed by atoms with van der Waals surface area (Å²) >= 11 is 5.26. The van der Waals surface area contributed by atoms with Crippen LogP contribution in [0.1, 0.15) is 31.4 Å². The normalized spacial score (nSPS) is 10.4. The zero-order valence-electron chi connectivity index (χ0n) is 11.1. The molecule has 0 saturated heterocycles. The highest BCUT2D eigenvalue weighted by Gasteiger charge is 2.01. The number of thiocarbonyl (C=S) groups is 1. The summed E-state index contributed by atoms with van der Waals surface area (Å²) in [6.07, 6.45) is 1.13. The van der Waals surface area contributed by atoms with Gasteiger partial charge in [-0.25, -0.2) is 0 Å². The van der Waals surface area contributed by atoms with Crippen LogP contribution in [0.25, 0.3) is 0 Å². The molecule has 0 unspecified atom stereocenters. The van der Waals surface area contributed by atoms with Gasteiger partial charge in [0.05, 0.1) is 0 Å². The molecule has 0 aliphatic rings. The third-order valence-corrected chi connectivity index (χ3v) is 2.88. The molecule has 2 nitrogen and oxygen atoms in total. The minimum atomic E-state index is 0.700. The Balaban J connectivity index is 2.45. The SMILES string of the molecule is Cc1ccc(NC(=S)NCCC(C)C)c(C)c1. The van der Waals surface area contributed by atoms with Gasteiger partial charge in [-0.1, -0.05) is 31.5 Å². The van der Waals surface area contributed by atoms with Gasteiger partial charge in [0.15, 0.2) is 5.11 Å². The first-order valence-corrected chi connectivity index (χ1v) is 6.52. The van der Waals surface area contributed by atoms with Crippen LogP contribution in [-0.2, 0) is 0 Å². The van der Waals surface area contributed by atoms with E-state index < -0.39 is 0 Å². The van der Waals surface area contributed by atoms with E-state index in [0.717, 1.165) is 18.7 Å². The highest BCUT2D eigenvalue weighted by Crippen LogP contribution is 2.15. The van der Waals surface area contributed by atoms with Crippen molar-refractivity contribution in [3.8, 4) is 0 Å². The Hall–Kier alpha value is -1.09. The van der Waals surface area contributed by atoms with E-state index in [0.29, 0.717) is 11.0 Å². The third-order valence-electron chi connectivity index (χ3n) is 2.64. The van der Waals surface area contributed by atoms with E-state index >= 15 is 0 Å². The van der Waals surface area contributed by atoms with E-state index in [1.54, 1.807) is 0 Å². The van der Waals surface area contributed by atoms with E-state index in [1.165, 1.54) is 11.1 Å². The number of aryl methyl sites for hydroxylation is 2. The number of hydrogen-bond acceptors (Lipinski definition) is 1. The fourth-order valence-corrected chi connectivity index (χ4v) is 1.81. The maximum Gasteiger partial charge on any atom is 0.170 e. The molecule has 1 aromatic carbocycles. The molecule has 1 aromatic rings. The zero-order valence-corrected chi connectivity index (χ0v) is 11.9. The Morgan fingerprint density at radius 2 is 2.00 bits per heavy atom. The maximum absolute atomic E-state index is 5.26. The first-order valence-electron chi connectivity index (χ1n) is 6.11. The minimum absolute atomic E-state index is 0.700. The maximum atomic E-state index is 5.26. The predicted molar refractivity (Wildman–Crippen MR) is 79.6 cm³/mol. The molecule has 0 saturated carbocycles. The third kappa shape index (κ3) is 5.18. The summed E-state index contributed by atoms with van der Waals surface area (Å²) in [6, 6.07) is 6.31. The summed E-state index contributed by atoms with van der Waals surface area (Å²) < 4.78 is 0. The lowest BCUT2D eigenvalue weighted by molar-refractivity contribution is 0.579. The first-order chi connectivity index (χ1) is 7.99. The molecule has 0 aliphatic heterocycles. The van der Waals surface area contributed by atoms with Gasteiger partial charge < -0.3 is 10.6 Å². The fourth-order valence-electron chi connectivity index (χ4n) is 1.59. The molecule has 1 rings (SSSR count). The smallest absolute Gasteiger partial charge is 0.170 e. The van der Waals surface area contributed by atoms with Gasteiger partial charge in [0.25, 0.3) is 0 Å². The van der Waals surface area contributed by atoms with Crippen molar-refractivity contribution in [2.24, 2.45) is 5.92 Å². The molecule has 0 bridgehead atoms. The van der Waals surface area contributed by atoms with Crippen LogP contribution < -0.4 is 10.6 Å². The molecule has 0 spiro atoms. The highest BCUT2D eigenvalue weighted by molar-refractivity contribution is 7.80. The Labute approximate surface area is 110 Å². The molecule has 0 aliphatic carbocycles. The van der Waals surface area contributed by atoms with Gasteiger partial charge in [-0.05, 0) is 50.0 Å². The second-order valence-corrected chi connectivity index (χ2v) is 5.29. The number of benzene rings is 1. The van der Waals surface area contributed by atoms with E-state index in [9.17, 15) is 0 Å². The Bertz CT molecular complexity index is 386. The lowest BCUT2D eigenvalue weighted by atomic mass is 10.1. The van der Waals surface area contributed by atoms with Crippen LogP contribution in [0, 0.1) is 19.8 Å². The largest absolute Gasteiger partial charge is 0.362 e. The molecule has 94 valence electrons. The molecule has 17 heavy (non-hydrogen) atoms. The molecule has 3 heteroatoms. The van der Waals surface area contributed by atoms with Crippen molar-refractivity contribution >= 4 is 23.0 Å². The lowest BCUT2D eigenvalue weighted by Crippen LogP contribution is -2.30. The average molecular weight is 250 g/mol. The van der Waals surface area contributed by atoms with Crippen LogP contribution in [0.2, 0.25) is 0 Å². The quantitative estimate of drug-likeness (QED) is 0.798. The van der Waals surface area contributed by atoms with Crippen LogP contribution in [0.15, 0.2) is 18.2 Å². The van der Waals surface area contributed by atoms with Gasteiger partial charge in [-0.2, -0.15) is 0 Å². The van der Waals surface area contributed by atoms with Crippen molar-refractivity contribution in [3.05, 3.63) is 29.3 Å². The molecule has 2 N–H and O–H groups in total. The molecular weight excluding hydrogens is 228 g/mol. The average Bonchev–Trinajstić information content (AvgIpc) is 2.21. The second kappa shape index (κ2) is 6.60. The summed E-state index contributed by atoms with van der Waals surface area (Å²) in [5, 5.41) is 7.16. The Morgan fingerprint density at radius 1 is 1.29 bits per heavy atom. The molecule has 0 radical (unpaired) electrons. The van der Waals surface area contributed by atoms with Gasteiger partial charge in [0, 0.05) is 12.2 Å². The highest BCUT2D eigenvalue weighted by atomic mass is 32.1. The molecule has 0 aromatic heterocycles. The first kappa shape index (κ1) is 14.0. The lowest BCUT2D eigenvalue weighted by Gasteiger charge is -2.13. The van der Waals surface area contributed by atoms with Crippen LogP contribution >= 0.6 is 12.2 Å². The fraction of sp³-hybridized carbons (Fsp3) is 0.500. The Kier molecular flexibility index (Phi) is 5.42. The monoisotopic (exact) mass is 250 g/mol. The second-order valence-electron chi connectivity index (χ2n) is 4.88.